The number of benzene rings is 1. The molecule has 0 radical (unpaired) electrons. The van der Waals surface area contributed by atoms with E-state index in [1.807, 2.05) is 13.0 Å². The van der Waals surface area contributed by atoms with Crippen molar-refractivity contribution < 1.29 is 26.3 Å². The summed E-state index contributed by atoms with van der Waals surface area (Å²) in [6.07, 6.45) is 2.31. The van der Waals surface area contributed by atoms with Crippen LogP contribution in [0.5, 0.6) is 5.88 Å². The number of aromatic nitrogens is 5. The summed E-state index contributed by atoms with van der Waals surface area (Å²) in [5.41, 5.74) is 0.703. The normalized spacial score (nSPS) is 16.7. The second-order valence-electron chi connectivity index (χ2n) is 12.8. The van der Waals surface area contributed by atoms with E-state index < -0.39 is 27.6 Å². The zero-order valence-corrected chi connectivity index (χ0v) is 30.0. The zero-order valence-electron chi connectivity index (χ0n) is 29.2. The third kappa shape index (κ3) is 7.86. The Kier molecular flexibility index (Phi) is 10.4. The molecule has 0 atom stereocenters. The topological polar surface area (TPSA) is 145 Å². The van der Waals surface area contributed by atoms with Crippen molar-refractivity contribution in [2.75, 3.05) is 86.6 Å². The molecule has 0 amide bonds. The Morgan fingerprint density at radius 3 is 2.33 bits per heavy atom. The first-order valence-corrected chi connectivity index (χ1v) is 18.5. The van der Waals surface area contributed by atoms with Gasteiger partial charge in [-0.3, -0.25) is 19.2 Å². The van der Waals surface area contributed by atoms with Crippen LogP contribution in [0.15, 0.2) is 36.8 Å². The molecule has 18 heteroatoms. The van der Waals surface area contributed by atoms with Gasteiger partial charge in [-0.2, -0.15) is 23.1 Å². The molecule has 2 fully saturated rings. The fourth-order valence-electron chi connectivity index (χ4n) is 6.54. The minimum absolute atomic E-state index is 0.00552. The quantitative estimate of drug-likeness (QED) is 0.237. The van der Waals surface area contributed by atoms with Crippen LogP contribution < -0.4 is 24.6 Å². The molecule has 2 aliphatic rings. The molecule has 0 bridgehead atoms. The number of nitrogens with one attached hydrogen (secondary N) is 2. The van der Waals surface area contributed by atoms with Crippen molar-refractivity contribution in [1.29, 1.82) is 0 Å². The number of halogens is 3. The van der Waals surface area contributed by atoms with Crippen molar-refractivity contribution in [2.45, 2.75) is 38.4 Å². The average molecular weight is 730 g/mol. The van der Waals surface area contributed by atoms with Crippen molar-refractivity contribution in [3.05, 3.63) is 47.9 Å². The maximum Gasteiger partial charge on any atom is 0.421 e. The standard InChI is InChI=1S/C33H42F3N11O3S/c1-6-21-19-26(31(50-4)43-30(21)47-13-9-22(10-14-47)46-17-15-44(2)16-18-46)41-32-39-20-23(33(34,35)36)29(42-32)40-25-8-7-24-27(38-12-11-37-24)28(25)45(3)51(5,48)49/h7-8,11-12,19-20,22H,6,9-10,13-18H2,1-5H3,(H2,39,40,41,42). The van der Waals surface area contributed by atoms with Crippen molar-refractivity contribution in [3.63, 3.8) is 0 Å². The van der Waals surface area contributed by atoms with Crippen LogP contribution >= 0.6 is 0 Å². The monoisotopic (exact) mass is 729 g/mol. The van der Waals surface area contributed by atoms with Crippen LogP contribution in [0.25, 0.3) is 11.0 Å². The summed E-state index contributed by atoms with van der Waals surface area (Å²) in [6.45, 7) is 8.02. The van der Waals surface area contributed by atoms with Gasteiger partial charge in [0.25, 0.3) is 0 Å². The first kappa shape index (κ1) is 36.2. The summed E-state index contributed by atoms with van der Waals surface area (Å²) in [4.78, 5) is 28.7. The highest BCUT2D eigenvalue weighted by atomic mass is 32.2. The molecule has 0 saturated carbocycles. The number of piperazine rings is 1. The molecule has 4 aromatic rings. The molecule has 0 aliphatic carbocycles. The lowest BCUT2D eigenvalue weighted by Crippen LogP contribution is -2.52. The van der Waals surface area contributed by atoms with E-state index in [-0.39, 0.29) is 28.7 Å². The van der Waals surface area contributed by atoms with Gasteiger partial charge in [-0.15, -0.1) is 0 Å². The van der Waals surface area contributed by atoms with Crippen LogP contribution in [0.4, 0.5) is 47.8 Å². The summed E-state index contributed by atoms with van der Waals surface area (Å²) in [5.74, 6) is 0.293. The predicted octanol–water partition coefficient (Wildman–Crippen LogP) is 4.50. The van der Waals surface area contributed by atoms with Crippen LogP contribution in [0.1, 0.15) is 30.9 Å². The number of piperidine rings is 1. The molecule has 51 heavy (non-hydrogen) atoms. The summed E-state index contributed by atoms with van der Waals surface area (Å²) in [5, 5.41) is 5.71. The Labute approximate surface area is 295 Å². The number of rotatable bonds is 10. The molecule has 274 valence electrons. The van der Waals surface area contributed by atoms with E-state index in [2.05, 4.69) is 52.3 Å². The number of hydrogen-bond donors (Lipinski definition) is 2. The van der Waals surface area contributed by atoms with Gasteiger partial charge in [0, 0.05) is 70.9 Å². The number of pyridine rings is 1. The largest absolute Gasteiger partial charge is 0.479 e. The minimum Gasteiger partial charge on any atom is -0.479 e. The number of hydrogen-bond acceptors (Lipinski definition) is 13. The van der Waals surface area contributed by atoms with E-state index in [0.717, 1.165) is 74.1 Å². The Morgan fingerprint density at radius 1 is 0.980 bits per heavy atom. The van der Waals surface area contributed by atoms with E-state index in [1.165, 1.54) is 38.7 Å². The lowest BCUT2D eigenvalue weighted by atomic mass is 10.0. The van der Waals surface area contributed by atoms with E-state index in [9.17, 15) is 21.6 Å². The minimum atomic E-state index is -4.84. The van der Waals surface area contributed by atoms with Crippen LogP contribution in [-0.4, -0.2) is 116 Å². The van der Waals surface area contributed by atoms with Crippen LogP contribution in [-0.2, 0) is 22.6 Å². The van der Waals surface area contributed by atoms with Gasteiger partial charge in [0.15, 0.2) is 0 Å². The summed E-state index contributed by atoms with van der Waals surface area (Å²) >= 11 is 0. The lowest BCUT2D eigenvalue weighted by Gasteiger charge is -2.42. The Hall–Kier alpha value is -4.55. The fraction of sp³-hybridized carbons (Fsp3) is 0.485. The zero-order chi connectivity index (χ0) is 36.5. The highest BCUT2D eigenvalue weighted by molar-refractivity contribution is 7.92. The highest BCUT2D eigenvalue weighted by Crippen LogP contribution is 2.40. The molecule has 2 saturated heterocycles. The number of ether oxygens (including phenoxy) is 1. The smallest absolute Gasteiger partial charge is 0.421 e. The van der Waals surface area contributed by atoms with Crippen molar-refractivity contribution >= 4 is 55.7 Å². The summed E-state index contributed by atoms with van der Waals surface area (Å²) in [7, 11) is 1.06. The van der Waals surface area contributed by atoms with Gasteiger partial charge < -0.3 is 25.2 Å². The van der Waals surface area contributed by atoms with Gasteiger partial charge in [-0.1, -0.05) is 6.92 Å². The third-order valence-corrected chi connectivity index (χ3v) is 10.6. The highest BCUT2D eigenvalue weighted by Gasteiger charge is 2.36. The van der Waals surface area contributed by atoms with Crippen molar-refractivity contribution in [3.8, 4) is 5.88 Å². The van der Waals surface area contributed by atoms with Crippen molar-refractivity contribution in [1.82, 2.24) is 34.7 Å². The fourth-order valence-corrected chi connectivity index (χ4v) is 7.05. The van der Waals surface area contributed by atoms with E-state index >= 15 is 0 Å². The second-order valence-corrected chi connectivity index (χ2v) is 14.8. The molecule has 0 spiro atoms. The first-order chi connectivity index (χ1) is 24.3. The summed E-state index contributed by atoms with van der Waals surface area (Å²) < 4.78 is 74.6. The first-order valence-electron chi connectivity index (χ1n) is 16.7. The number of anilines is 6. The molecule has 0 unspecified atom stereocenters. The van der Waals surface area contributed by atoms with Crippen LogP contribution in [0.3, 0.4) is 0 Å². The van der Waals surface area contributed by atoms with Gasteiger partial charge in [0.1, 0.15) is 34.1 Å². The third-order valence-electron chi connectivity index (χ3n) is 9.46. The summed E-state index contributed by atoms with van der Waals surface area (Å²) in [6, 6.07) is 5.35. The number of nitrogens with zero attached hydrogens (tertiary/aromatic N) is 9. The van der Waals surface area contributed by atoms with Gasteiger partial charge >= 0.3 is 6.18 Å². The number of aryl methyl sites for hydroxylation is 1. The maximum atomic E-state index is 14.3. The van der Waals surface area contributed by atoms with Gasteiger partial charge in [-0.25, -0.2) is 13.4 Å². The number of alkyl halides is 3. The Morgan fingerprint density at radius 2 is 1.69 bits per heavy atom. The molecular formula is C33H42F3N11O3S. The number of methoxy groups -OCH3 is 1. The van der Waals surface area contributed by atoms with Crippen LogP contribution in [0, 0.1) is 0 Å². The van der Waals surface area contributed by atoms with Gasteiger partial charge in [0.2, 0.25) is 21.9 Å². The SMILES string of the molecule is CCc1cc(Nc2ncc(C(F)(F)F)c(Nc3ccc4nccnc4c3N(C)S(C)(=O)=O)n2)c(OC)nc1N1CCC(N2CCN(C)CC2)CC1. The maximum absolute atomic E-state index is 14.3. The predicted molar refractivity (Wildman–Crippen MR) is 191 cm³/mol. The second kappa shape index (κ2) is 14.6. The van der Waals surface area contributed by atoms with Gasteiger partial charge in [-0.05, 0) is 50.1 Å². The Balaban J connectivity index is 1.30. The molecule has 2 N–H and O–H groups in total. The average Bonchev–Trinajstić information content (AvgIpc) is 3.10. The number of sulfonamides is 1. The van der Waals surface area contributed by atoms with Gasteiger partial charge in [0.05, 0.1) is 24.6 Å². The number of likely N-dealkylation sites (N-methyl/N-ethyl adjacent to an activating group) is 1. The molecule has 5 heterocycles. The Bertz CT molecular complexity index is 1980. The number of fused-ring (bicyclic) bond motifs is 1. The molecule has 6 rings (SSSR count). The van der Waals surface area contributed by atoms with E-state index in [0.29, 0.717) is 29.9 Å². The molecule has 2 aliphatic heterocycles. The van der Waals surface area contributed by atoms with E-state index in [1.54, 1.807) is 0 Å². The van der Waals surface area contributed by atoms with E-state index in [4.69, 9.17) is 9.72 Å². The van der Waals surface area contributed by atoms with Crippen LogP contribution in [0.2, 0.25) is 0 Å². The van der Waals surface area contributed by atoms with Crippen molar-refractivity contribution in [2.24, 2.45) is 0 Å². The molecular weight excluding hydrogens is 687 g/mol. The molecule has 3 aromatic heterocycles. The lowest BCUT2D eigenvalue weighted by molar-refractivity contribution is -0.137. The molecule has 14 nitrogen and oxygen atoms in total. The molecule has 1 aromatic carbocycles.